The van der Waals surface area contributed by atoms with Gasteiger partial charge in [-0.15, -0.1) is 5.70 Å². The lowest BCUT2D eigenvalue weighted by molar-refractivity contribution is 0.522. The van der Waals surface area contributed by atoms with Crippen molar-refractivity contribution >= 4 is 14.5 Å². The summed E-state index contributed by atoms with van der Waals surface area (Å²) in [5.74, 6) is 0. The van der Waals surface area contributed by atoms with Gasteiger partial charge in [0.1, 0.15) is 0 Å². The van der Waals surface area contributed by atoms with Crippen molar-refractivity contribution in [2.24, 2.45) is 0 Å². The summed E-state index contributed by atoms with van der Waals surface area (Å²) in [6, 6.07) is 10.7. The number of hydrogen-bond acceptors (Lipinski definition) is 1. The first-order valence-electron chi connectivity index (χ1n) is 6.40. The number of hydrogen-bond donors (Lipinski definition) is 0. The van der Waals surface area contributed by atoms with Crippen molar-refractivity contribution in [3.8, 4) is 0 Å². The molecule has 94 valence electrons. The Balaban J connectivity index is 2.83. The lowest BCUT2D eigenvalue weighted by Gasteiger charge is -2.37. The molecule has 1 aromatic rings. The molecule has 0 atom stereocenters. The lowest BCUT2D eigenvalue weighted by Crippen LogP contribution is -2.41. The zero-order chi connectivity index (χ0) is 12.9. The number of rotatable bonds is 4. The van der Waals surface area contributed by atoms with Crippen molar-refractivity contribution in [3.05, 3.63) is 42.1 Å². The van der Waals surface area contributed by atoms with E-state index in [1.807, 2.05) is 0 Å². The van der Waals surface area contributed by atoms with Gasteiger partial charge in [-0.3, -0.25) is 0 Å². The van der Waals surface area contributed by atoms with Crippen LogP contribution in [0.3, 0.4) is 0 Å². The van der Waals surface area contributed by atoms with Gasteiger partial charge in [-0.25, -0.2) is 0 Å². The Hall–Kier alpha value is -1.02. The molecule has 0 radical (unpaired) electrons. The Bertz CT molecular complexity index is 349. The molecular formula is C15H25NSi. The fourth-order valence-electron chi connectivity index (χ4n) is 1.81. The van der Waals surface area contributed by atoms with Crippen molar-refractivity contribution in [2.75, 3.05) is 11.4 Å². The van der Waals surface area contributed by atoms with E-state index < -0.39 is 8.80 Å². The molecule has 0 aliphatic heterocycles. The molecule has 0 heterocycles. The standard InChI is InChI=1S/C15H25NSi/c1-15(2,3)16(12-9-13-17(4)5)14-10-7-6-8-11-14/h6-11,13,17H,12H2,1-5H3. The van der Waals surface area contributed by atoms with Gasteiger partial charge in [0.05, 0.1) is 8.80 Å². The topological polar surface area (TPSA) is 3.24 Å². The number of benzene rings is 1. The van der Waals surface area contributed by atoms with Crippen LogP contribution < -0.4 is 4.90 Å². The molecule has 0 fully saturated rings. The van der Waals surface area contributed by atoms with Gasteiger partial charge in [-0.1, -0.05) is 37.4 Å². The maximum Gasteiger partial charge on any atom is 0.0550 e. The van der Waals surface area contributed by atoms with Crippen LogP contribution in [0.4, 0.5) is 5.69 Å². The predicted octanol–water partition coefficient (Wildman–Crippen LogP) is 3.87. The molecule has 0 aliphatic carbocycles. The van der Waals surface area contributed by atoms with E-state index in [9.17, 15) is 0 Å². The van der Waals surface area contributed by atoms with E-state index in [0.29, 0.717) is 0 Å². The molecule has 0 saturated carbocycles. The highest BCUT2D eigenvalue weighted by atomic mass is 28.3. The van der Waals surface area contributed by atoms with Gasteiger partial charge < -0.3 is 4.90 Å². The summed E-state index contributed by atoms with van der Waals surface area (Å²) < 4.78 is 0. The van der Waals surface area contributed by atoms with Crippen LogP contribution in [0.1, 0.15) is 20.8 Å². The van der Waals surface area contributed by atoms with E-state index in [4.69, 9.17) is 0 Å². The number of anilines is 1. The first-order chi connectivity index (χ1) is 7.91. The van der Waals surface area contributed by atoms with Crippen LogP contribution in [0.5, 0.6) is 0 Å². The van der Waals surface area contributed by atoms with Crippen molar-refractivity contribution in [1.82, 2.24) is 0 Å². The zero-order valence-corrected chi connectivity index (χ0v) is 12.9. The third-order valence-corrected chi connectivity index (χ3v) is 3.73. The highest BCUT2D eigenvalue weighted by Crippen LogP contribution is 2.23. The number of nitrogens with zero attached hydrogens (tertiary/aromatic N) is 1. The normalized spacial score (nSPS) is 12.4. The second-order valence-electron chi connectivity index (χ2n) is 5.79. The summed E-state index contributed by atoms with van der Waals surface area (Å²) in [7, 11) is -0.585. The van der Waals surface area contributed by atoms with Gasteiger partial charge in [0, 0.05) is 17.8 Å². The molecule has 0 aromatic heterocycles. The van der Waals surface area contributed by atoms with Crippen LogP contribution in [0.2, 0.25) is 13.1 Å². The molecule has 0 aliphatic rings. The van der Waals surface area contributed by atoms with Crippen molar-refractivity contribution in [1.29, 1.82) is 0 Å². The van der Waals surface area contributed by atoms with Crippen LogP contribution in [0.25, 0.3) is 0 Å². The van der Waals surface area contributed by atoms with Gasteiger partial charge >= 0.3 is 0 Å². The second-order valence-corrected chi connectivity index (χ2v) is 8.66. The molecule has 0 amide bonds. The molecular weight excluding hydrogens is 222 g/mol. The molecule has 0 unspecified atom stereocenters. The van der Waals surface area contributed by atoms with E-state index in [-0.39, 0.29) is 5.54 Å². The lowest BCUT2D eigenvalue weighted by atomic mass is 10.0. The Kier molecular flexibility index (Phi) is 5.00. The molecule has 0 N–H and O–H groups in total. The van der Waals surface area contributed by atoms with E-state index >= 15 is 0 Å². The van der Waals surface area contributed by atoms with Gasteiger partial charge in [-0.2, -0.15) is 0 Å². The average molecular weight is 247 g/mol. The maximum atomic E-state index is 2.44. The van der Waals surface area contributed by atoms with E-state index in [2.05, 4.69) is 80.9 Å². The van der Waals surface area contributed by atoms with Gasteiger partial charge in [0.25, 0.3) is 0 Å². The number of para-hydroxylation sites is 1. The highest BCUT2D eigenvalue weighted by molar-refractivity contribution is 6.61. The molecule has 0 spiro atoms. The Morgan fingerprint density at radius 2 is 1.71 bits per heavy atom. The summed E-state index contributed by atoms with van der Waals surface area (Å²) in [6.45, 7) is 12.5. The third-order valence-electron chi connectivity index (χ3n) is 2.69. The van der Waals surface area contributed by atoms with Crippen molar-refractivity contribution < 1.29 is 0 Å². The summed E-state index contributed by atoms with van der Waals surface area (Å²) >= 11 is 0. The molecule has 0 saturated heterocycles. The van der Waals surface area contributed by atoms with Gasteiger partial charge in [0.15, 0.2) is 0 Å². The Morgan fingerprint density at radius 3 is 2.18 bits per heavy atom. The average Bonchev–Trinajstić information content (AvgIpc) is 2.23. The van der Waals surface area contributed by atoms with Crippen LogP contribution in [-0.4, -0.2) is 20.9 Å². The maximum absolute atomic E-state index is 2.44. The second kappa shape index (κ2) is 6.06. The molecule has 2 heteroatoms. The summed E-state index contributed by atoms with van der Waals surface area (Å²) in [6.07, 6.45) is 2.33. The van der Waals surface area contributed by atoms with Gasteiger partial charge in [-0.05, 0) is 32.9 Å². The molecule has 1 aromatic carbocycles. The summed E-state index contributed by atoms with van der Waals surface area (Å²) in [5, 5.41) is 0. The van der Waals surface area contributed by atoms with E-state index in [1.165, 1.54) is 5.69 Å². The first-order valence-corrected chi connectivity index (χ1v) is 9.38. The van der Waals surface area contributed by atoms with E-state index in [1.54, 1.807) is 0 Å². The monoisotopic (exact) mass is 247 g/mol. The molecule has 0 bridgehead atoms. The van der Waals surface area contributed by atoms with Crippen LogP contribution in [-0.2, 0) is 0 Å². The molecule has 1 rings (SSSR count). The van der Waals surface area contributed by atoms with Crippen LogP contribution >= 0.6 is 0 Å². The van der Waals surface area contributed by atoms with Crippen LogP contribution in [0.15, 0.2) is 42.1 Å². The minimum Gasteiger partial charge on any atom is -0.363 e. The highest BCUT2D eigenvalue weighted by Gasteiger charge is 2.19. The zero-order valence-electron chi connectivity index (χ0n) is 11.8. The SMILES string of the molecule is C[SiH](C)C=CCN(c1ccccc1)C(C)(C)C. The first kappa shape index (κ1) is 14.0. The fourth-order valence-corrected chi connectivity index (χ4v) is 2.48. The molecule has 17 heavy (non-hydrogen) atoms. The minimum atomic E-state index is -0.585. The van der Waals surface area contributed by atoms with E-state index in [0.717, 1.165) is 6.54 Å². The molecule has 1 nitrogen and oxygen atoms in total. The van der Waals surface area contributed by atoms with Crippen molar-refractivity contribution in [2.45, 2.75) is 39.4 Å². The quantitative estimate of drug-likeness (QED) is 0.730. The fraction of sp³-hybridized carbons (Fsp3) is 0.467. The Morgan fingerprint density at radius 1 is 1.12 bits per heavy atom. The third kappa shape index (κ3) is 4.78. The largest absolute Gasteiger partial charge is 0.363 e. The predicted molar refractivity (Wildman–Crippen MR) is 81.6 cm³/mol. The Labute approximate surface area is 108 Å². The van der Waals surface area contributed by atoms with Gasteiger partial charge in [0.2, 0.25) is 0 Å². The van der Waals surface area contributed by atoms with Crippen LogP contribution in [0, 0.1) is 0 Å². The minimum absolute atomic E-state index is 0.157. The van der Waals surface area contributed by atoms with Crippen molar-refractivity contribution in [3.63, 3.8) is 0 Å². The summed E-state index contributed by atoms with van der Waals surface area (Å²) in [5.41, 5.74) is 3.86. The smallest absolute Gasteiger partial charge is 0.0550 e. The summed E-state index contributed by atoms with van der Waals surface area (Å²) in [4.78, 5) is 2.44.